The summed E-state index contributed by atoms with van der Waals surface area (Å²) in [5, 5.41) is 1.94. The molecule has 2 unspecified atom stereocenters. The third-order valence-corrected chi connectivity index (χ3v) is 3.44. The van der Waals surface area contributed by atoms with Crippen LogP contribution in [-0.2, 0) is 9.53 Å². The van der Waals surface area contributed by atoms with E-state index in [4.69, 9.17) is 10.5 Å². The first-order valence-corrected chi connectivity index (χ1v) is 6.16. The Balaban J connectivity index is 1.81. The van der Waals surface area contributed by atoms with E-state index in [0.717, 1.165) is 38.8 Å². The molecule has 2 aliphatic rings. The fourth-order valence-electron chi connectivity index (χ4n) is 2.40. The van der Waals surface area contributed by atoms with Gasteiger partial charge in [0, 0.05) is 19.1 Å². The molecule has 16 heavy (non-hydrogen) atoms. The van der Waals surface area contributed by atoms with Crippen LogP contribution in [0.2, 0.25) is 0 Å². The van der Waals surface area contributed by atoms with Crippen LogP contribution in [0, 0.1) is 5.92 Å². The Morgan fingerprint density at radius 2 is 1.94 bits per heavy atom. The quantitative estimate of drug-likeness (QED) is 0.689. The number of amides is 1. The van der Waals surface area contributed by atoms with Crippen molar-refractivity contribution in [1.82, 2.24) is 10.4 Å². The number of hydrazine groups is 1. The molecule has 0 aromatic rings. The molecule has 0 aromatic heterocycles. The third-order valence-electron chi connectivity index (χ3n) is 3.44. The van der Waals surface area contributed by atoms with Crippen LogP contribution < -0.4 is 11.2 Å². The van der Waals surface area contributed by atoms with Gasteiger partial charge in [0.1, 0.15) is 0 Å². The van der Waals surface area contributed by atoms with Gasteiger partial charge >= 0.3 is 0 Å². The number of nitrogens with two attached hydrogens (primary N) is 1. The number of nitrogens with zero attached hydrogens (tertiary/aromatic N) is 1. The van der Waals surface area contributed by atoms with Crippen LogP contribution in [0.3, 0.4) is 0 Å². The van der Waals surface area contributed by atoms with Gasteiger partial charge in [-0.05, 0) is 12.8 Å². The van der Waals surface area contributed by atoms with Crippen LogP contribution in [0.1, 0.15) is 25.7 Å². The van der Waals surface area contributed by atoms with Gasteiger partial charge in [0.15, 0.2) is 0 Å². The molecule has 0 radical (unpaired) electrons. The predicted octanol–water partition coefficient (Wildman–Crippen LogP) is -0.133. The Morgan fingerprint density at radius 1 is 1.25 bits per heavy atom. The Labute approximate surface area is 96.3 Å². The molecule has 3 N–H and O–H groups in total. The van der Waals surface area contributed by atoms with E-state index in [2.05, 4.69) is 5.43 Å². The van der Waals surface area contributed by atoms with Crippen molar-refractivity contribution in [3.63, 3.8) is 0 Å². The molecule has 0 aromatic carbocycles. The van der Waals surface area contributed by atoms with E-state index in [1.54, 1.807) is 0 Å². The lowest BCUT2D eigenvalue weighted by atomic mass is 9.84. The summed E-state index contributed by atoms with van der Waals surface area (Å²) in [6.45, 7) is 2.93. The molecule has 1 aliphatic heterocycles. The predicted molar refractivity (Wildman–Crippen MR) is 60.5 cm³/mol. The molecular formula is C11H21N3O2. The summed E-state index contributed by atoms with van der Waals surface area (Å²) in [7, 11) is 0. The molecule has 1 aliphatic carbocycles. The molecule has 5 heteroatoms. The fraction of sp³-hybridized carbons (Fsp3) is 0.909. The van der Waals surface area contributed by atoms with Gasteiger partial charge in [-0.25, -0.2) is 5.01 Å². The van der Waals surface area contributed by atoms with Crippen molar-refractivity contribution in [2.24, 2.45) is 11.7 Å². The second kappa shape index (κ2) is 5.61. The first-order valence-electron chi connectivity index (χ1n) is 6.16. The molecule has 5 nitrogen and oxygen atoms in total. The average Bonchev–Trinajstić information content (AvgIpc) is 2.31. The lowest BCUT2D eigenvalue weighted by molar-refractivity contribution is -0.133. The van der Waals surface area contributed by atoms with Gasteiger partial charge in [-0.2, -0.15) is 0 Å². The zero-order valence-corrected chi connectivity index (χ0v) is 9.65. The van der Waals surface area contributed by atoms with E-state index in [-0.39, 0.29) is 17.9 Å². The second-order valence-corrected chi connectivity index (χ2v) is 4.63. The lowest BCUT2D eigenvalue weighted by Crippen LogP contribution is -2.53. The van der Waals surface area contributed by atoms with Gasteiger partial charge in [0.05, 0.1) is 19.1 Å². The highest BCUT2D eigenvalue weighted by Crippen LogP contribution is 2.23. The molecule has 1 heterocycles. The minimum atomic E-state index is -0.00315. The first-order chi connectivity index (χ1) is 7.77. The van der Waals surface area contributed by atoms with Gasteiger partial charge in [-0.15, -0.1) is 0 Å². The maximum Gasteiger partial charge on any atom is 0.238 e. The van der Waals surface area contributed by atoms with Gasteiger partial charge in [0.2, 0.25) is 5.91 Å². The smallest absolute Gasteiger partial charge is 0.238 e. The van der Waals surface area contributed by atoms with Crippen LogP contribution in [0.25, 0.3) is 0 Å². The SMILES string of the molecule is NC1CCCCC1C(=O)NN1CCOCC1. The normalized spacial score (nSPS) is 32.3. The summed E-state index contributed by atoms with van der Waals surface area (Å²) < 4.78 is 5.23. The van der Waals surface area contributed by atoms with E-state index < -0.39 is 0 Å². The molecule has 2 rings (SSSR count). The van der Waals surface area contributed by atoms with Crippen molar-refractivity contribution >= 4 is 5.91 Å². The molecule has 1 saturated carbocycles. The Bertz CT molecular complexity index is 241. The van der Waals surface area contributed by atoms with Crippen molar-refractivity contribution in [2.45, 2.75) is 31.7 Å². The fourth-order valence-corrected chi connectivity index (χ4v) is 2.40. The highest BCUT2D eigenvalue weighted by molar-refractivity contribution is 5.79. The monoisotopic (exact) mass is 227 g/mol. The number of hydrogen-bond donors (Lipinski definition) is 2. The topological polar surface area (TPSA) is 67.6 Å². The number of rotatable bonds is 2. The minimum Gasteiger partial charge on any atom is -0.379 e. The van der Waals surface area contributed by atoms with Gasteiger partial charge in [-0.3, -0.25) is 10.2 Å². The van der Waals surface area contributed by atoms with Crippen molar-refractivity contribution in [3.05, 3.63) is 0 Å². The molecule has 92 valence electrons. The number of hydrogen-bond acceptors (Lipinski definition) is 4. The summed E-state index contributed by atoms with van der Waals surface area (Å²) in [5.41, 5.74) is 8.93. The van der Waals surface area contributed by atoms with Crippen LogP contribution in [-0.4, -0.2) is 43.3 Å². The average molecular weight is 227 g/mol. The number of carbonyl (C=O) groups excluding carboxylic acids is 1. The van der Waals surface area contributed by atoms with E-state index in [1.807, 2.05) is 5.01 Å². The lowest BCUT2D eigenvalue weighted by Gasteiger charge is -2.32. The Hall–Kier alpha value is -0.650. The van der Waals surface area contributed by atoms with Crippen LogP contribution in [0.5, 0.6) is 0 Å². The highest BCUT2D eigenvalue weighted by Gasteiger charge is 2.29. The Morgan fingerprint density at radius 3 is 2.62 bits per heavy atom. The van der Waals surface area contributed by atoms with Crippen LogP contribution >= 0.6 is 0 Å². The third kappa shape index (κ3) is 2.93. The molecule has 1 amide bonds. The number of nitrogens with one attached hydrogen (secondary N) is 1. The zero-order chi connectivity index (χ0) is 11.4. The van der Waals surface area contributed by atoms with E-state index >= 15 is 0 Å². The van der Waals surface area contributed by atoms with Crippen molar-refractivity contribution in [3.8, 4) is 0 Å². The maximum absolute atomic E-state index is 12.0. The van der Waals surface area contributed by atoms with Crippen molar-refractivity contribution in [1.29, 1.82) is 0 Å². The number of morpholine rings is 1. The van der Waals surface area contributed by atoms with Crippen molar-refractivity contribution in [2.75, 3.05) is 26.3 Å². The first kappa shape index (κ1) is 11.8. The molecular weight excluding hydrogens is 206 g/mol. The Kier molecular flexibility index (Phi) is 4.15. The highest BCUT2D eigenvalue weighted by atomic mass is 16.5. The summed E-state index contributed by atoms with van der Waals surface area (Å²) in [4.78, 5) is 12.0. The van der Waals surface area contributed by atoms with E-state index in [9.17, 15) is 4.79 Å². The summed E-state index contributed by atoms with van der Waals surface area (Å²) >= 11 is 0. The van der Waals surface area contributed by atoms with E-state index in [1.165, 1.54) is 0 Å². The number of carbonyl (C=O) groups is 1. The van der Waals surface area contributed by atoms with Crippen LogP contribution in [0.15, 0.2) is 0 Å². The summed E-state index contributed by atoms with van der Waals surface area (Å²) in [5.74, 6) is 0.0886. The molecule has 2 fully saturated rings. The molecule has 0 spiro atoms. The molecule has 1 saturated heterocycles. The van der Waals surface area contributed by atoms with Gasteiger partial charge < -0.3 is 10.5 Å². The van der Waals surface area contributed by atoms with Gasteiger partial charge in [-0.1, -0.05) is 12.8 Å². The maximum atomic E-state index is 12.0. The molecule has 2 atom stereocenters. The van der Waals surface area contributed by atoms with E-state index in [0.29, 0.717) is 13.2 Å². The van der Waals surface area contributed by atoms with Crippen molar-refractivity contribution < 1.29 is 9.53 Å². The summed E-state index contributed by atoms with van der Waals surface area (Å²) in [6, 6.07) is 0.0368. The standard InChI is InChI=1S/C11H21N3O2/c12-10-4-2-1-3-9(10)11(15)13-14-5-7-16-8-6-14/h9-10H,1-8,12H2,(H,13,15). The van der Waals surface area contributed by atoms with Crippen LogP contribution in [0.4, 0.5) is 0 Å². The second-order valence-electron chi connectivity index (χ2n) is 4.63. The largest absolute Gasteiger partial charge is 0.379 e. The number of ether oxygens (including phenoxy) is 1. The molecule has 0 bridgehead atoms. The van der Waals surface area contributed by atoms with Gasteiger partial charge in [0.25, 0.3) is 0 Å². The summed E-state index contributed by atoms with van der Waals surface area (Å²) in [6.07, 6.45) is 4.18. The zero-order valence-electron chi connectivity index (χ0n) is 9.65. The minimum absolute atomic E-state index is 0.00315.